The average Bonchev–Trinajstić information content (AvgIpc) is 2.83. The smallest absolute Gasteiger partial charge is 0.338 e. The molecule has 0 fully saturated rings. The lowest BCUT2D eigenvalue weighted by Crippen LogP contribution is -2.12. The molecule has 0 saturated carbocycles. The van der Waals surface area contributed by atoms with Gasteiger partial charge in [0.15, 0.2) is 0 Å². The molecule has 3 aromatic carbocycles. The van der Waals surface area contributed by atoms with E-state index in [2.05, 4.69) is 19.7 Å². The second kappa shape index (κ2) is 10.7. The minimum atomic E-state index is -0.595. The maximum absolute atomic E-state index is 12.6. The second-order valence-corrected chi connectivity index (χ2v) is 8.00. The van der Waals surface area contributed by atoms with Crippen molar-refractivity contribution in [3.05, 3.63) is 91.1 Å². The van der Waals surface area contributed by atoms with Gasteiger partial charge in [0.25, 0.3) is 0 Å². The van der Waals surface area contributed by atoms with Crippen LogP contribution in [-0.2, 0) is 14.4 Å². The van der Waals surface area contributed by atoms with Crippen molar-refractivity contribution in [2.24, 2.45) is 0 Å². The summed E-state index contributed by atoms with van der Waals surface area (Å²) in [4.78, 5) is 36.7. The first-order valence-electron chi connectivity index (χ1n) is 10.9. The van der Waals surface area contributed by atoms with Crippen LogP contribution in [0.3, 0.4) is 0 Å². The number of fused-ring (bicyclic) bond motifs is 1. The van der Waals surface area contributed by atoms with Crippen molar-refractivity contribution in [1.29, 1.82) is 0 Å². The van der Waals surface area contributed by atoms with E-state index in [4.69, 9.17) is 14.2 Å². The molecule has 0 aromatic heterocycles. The van der Waals surface area contributed by atoms with Gasteiger partial charge < -0.3 is 14.2 Å². The highest BCUT2D eigenvalue weighted by molar-refractivity contribution is 6.03. The van der Waals surface area contributed by atoms with Crippen molar-refractivity contribution in [3.8, 4) is 28.4 Å². The van der Waals surface area contributed by atoms with E-state index in [0.717, 1.165) is 10.9 Å². The predicted octanol–water partition coefficient (Wildman–Crippen LogP) is 6.34. The Hall–Kier alpha value is -4.45. The summed E-state index contributed by atoms with van der Waals surface area (Å²) >= 11 is 0. The van der Waals surface area contributed by atoms with Gasteiger partial charge in [-0.2, -0.15) is 0 Å². The van der Waals surface area contributed by atoms with Crippen molar-refractivity contribution in [3.63, 3.8) is 0 Å². The van der Waals surface area contributed by atoms with E-state index in [1.165, 1.54) is 13.0 Å². The van der Waals surface area contributed by atoms with Gasteiger partial charge in [-0.05, 0) is 49.4 Å². The van der Waals surface area contributed by atoms with Crippen LogP contribution in [0.1, 0.15) is 27.2 Å². The van der Waals surface area contributed by atoms with Crippen LogP contribution in [0.15, 0.2) is 91.1 Å². The molecule has 0 bridgehead atoms. The summed E-state index contributed by atoms with van der Waals surface area (Å²) in [6, 6.07) is 15.6. The van der Waals surface area contributed by atoms with Gasteiger partial charge in [0.1, 0.15) is 17.2 Å². The van der Waals surface area contributed by atoms with Gasteiger partial charge in [0, 0.05) is 33.7 Å². The number of carbonyl (C=O) groups is 3. The summed E-state index contributed by atoms with van der Waals surface area (Å²) in [6.07, 6.45) is 0.421. The summed E-state index contributed by atoms with van der Waals surface area (Å²) in [5, 5.41) is 1.45. The Morgan fingerprint density at radius 1 is 0.686 bits per heavy atom. The lowest BCUT2D eigenvalue weighted by molar-refractivity contribution is -0.131. The molecule has 6 heteroatoms. The first-order chi connectivity index (χ1) is 16.6. The molecule has 0 aliphatic rings. The van der Waals surface area contributed by atoms with Crippen LogP contribution in [0.4, 0.5) is 0 Å². The molecule has 0 atom stereocenters. The molecule has 0 radical (unpaired) electrons. The quantitative estimate of drug-likeness (QED) is 0.217. The number of carbonyl (C=O) groups excluding carboxylic acids is 3. The number of esters is 3. The first-order valence-corrected chi connectivity index (χ1v) is 10.9. The molecule has 0 aliphatic carbocycles. The number of hydrogen-bond donors (Lipinski definition) is 0. The highest BCUT2D eigenvalue weighted by atomic mass is 16.5. The van der Waals surface area contributed by atoms with Crippen molar-refractivity contribution < 1.29 is 28.6 Å². The van der Waals surface area contributed by atoms with Crippen molar-refractivity contribution in [2.45, 2.75) is 27.2 Å². The van der Waals surface area contributed by atoms with E-state index >= 15 is 0 Å². The summed E-state index contributed by atoms with van der Waals surface area (Å²) in [5.74, 6) is -0.950. The second-order valence-electron chi connectivity index (χ2n) is 8.00. The lowest BCUT2D eigenvalue weighted by atomic mass is 9.97. The average molecular weight is 471 g/mol. The predicted molar refractivity (Wildman–Crippen MR) is 135 cm³/mol. The fourth-order valence-corrected chi connectivity index (χ4v) is 3.18. The highest BCUT2D eigenvalue weighted by Crippen LogP contribution is 2.40. The third-order valence-corrected chi connectivity index (χ3v) is 5.15. The van der Waals surface area contributed by atoms with E-state index < -0.39 is 17.9 Å². The number of benzene rings is 3. The fourth-order valence-electron chi connectivity index (χ4n) is 3.18. The van der Waals surface area contributed by atoms with Gasteiger partial charge in [-0.1, -0.05) is 57.0 Å². The van der Waals surface area contributed by atoms with Gasteiger partial charge in [-0.15, -0.1) is 0 Å². The maximum atomic E-state index is 12.6. The van der Waals surface area contributed by atoms with Crippen molar-refractivity contribution in [2.75, 3.05) is 0 Å². The Labute approximate surface area is 204 Å². The number of hydrogen-bond acceptors (Lipinski definition) is 6. The largest absolute Gasteiger partial charge is 0.423 e. The Kier molecular flexibility index (Phi) is 7.66. The zero-order chi connectivity index (χ0) is 25.7. The Morgan fingerprint density at radius 3 is 1.94 bits per heavy atom. The molecule has 3 aromatic rings. The van der Waals surface area contributed by atoms with Crippen LogP contribution in [0, 0.1) is 0 Å². The van der Waals surface area contributed by atoms with Crippen LogP contribution in [0.2, 0.25) is 0 Å². The molecule has 0 aliphatic heterocycles. The molecule has 3 rings (SSSR count). The first kappa shape index (κ1) is 25.2. The molecule has 0 saturated heterocycles. The van der Waals surface area contributed by atoms with Crippen LogP contribution in [0.5, 0.6) is 17.2 Å². The maximum Gasteiger partial charge on any atom is 0.338 e. The minimum Gasteiger partial charge on any atom is -0.423 e. The zero-order valence-corrected chi connectivity index (χ0v) is 20.0. The molecule has 0 heterocycles. The fraction of sp³-hybridized carbons (Fsp3) is 0.138. The van der Waals surface area contributed by atoms with Crippen LogP contribution in [0.25, 0.3) is 21.9 Å². The Morgan fingerprint density at radius 2 is 1.29 bits per heavy atom. The Balaban J connectivity index is 2.15. The van der Waals surface area contributed by atoms with Gasteiger partial charge in [0.2, 0.25) is 0 Å². The molecule has 0 amide bonds. The molecule has 6 nitrogen and oxygen atoms in total. The Bertz CT molecular complexity index is 1380. The summed E-state index contributed by atoms with van der Waals surface area (Å²) in [7, 11) is 0. The zero-order valence-electron chi connectivity index (χ0n) is 20.0. The van der Waals surface area contributed by atoms with Crippen LogP contribution >= 0.6 is 0 Å². The molecule has 0 N–H and O–H groups in total. The molecule has 0 unspecified atom stereocenters. The third kappa shape index (κ3) is 5.73. The number of ether oxygens (including phenoxy) is 3. The van der Waals surface area contributed by atoms with Gasteiger partial charge in [0.05, 0.1) is 0 Å². The highest BCUT2D eigenvalue weighted by Gasteiger charge is 2.18. The summed E-state index contributed by atoms with van der Waals surface area (Å²) in [5.41, 5.74) is 2.11. The van der Waals surface area contributed by atoms with Gasteiger partial charge in [-0.25, -0.2) is 14.4 Å². The standard InChI is InChI=1S/C29H26O6/c1-7-19(6)29(32)35-26-16-20(33-27(30)17(2)3)14-15-24(26)22-10-8-12-23-21(22)11-9-13-25(23)34-28(31)18(4)5/h8-16H,2,4,6-7H2,1,3,5H3. The van der Waals surface area contributed by atoms with Crippen molar-refractivity contribution >= 4 is 28.7 Å². The molecular formula is C29H26O6. The van der Waals surface area contributed by atoms with E-state index in [1.54, 1.807) is 44.2 Å². The van der Waals surface area contributed by atoms with E-state index in [-0.39, 0.29) is 22.6 Å². The normalized spacial score (nSPS) is 10.4. The number of rotatable bonds is 8. The third-order valence-electron chi connectivity index (χ3n) is 5.15. The minimum absolute atomic E-state index is 0.188. The van der Waals surface area contributed by atoms with Gasteiger partial charge >= 0.3 is 17.9 Å². The molecule has 0 spiro atoms. The molecule has 178 valence electrons. The monoisotopic (exact) mass is 470 g/mol. The molecular weight excluding hydrogens is 444 g/mol. The van der Waals surface area contributed by atoms with Crippen LogP contribution < -0.4 is 14.2 Å². The van der Waals surface area contributed by atoms with Crippen molar-refractivity contribution in [1.82, 2.24) is 0 Å². The van der Waals surface area contributed by atoms with E-state index in [9.17, 15) is 14.4 Å². The summed E-state index contributed by atoms with van der Waals surface area (Å²) < 4.78 is 16.5. The lowest BCUT2D eigenvalue weighted by Gasteiger charge is -2.15. The topological polar surface area (TPSA) is 78.9 Å². The molecule has 35 heavy (non-hydrogen) atoms. The van der Waals surface area contributed by atoms with Crippen LogP contribution in [-0.4, -0.2) is 17.9 Å². The van der Waals surface area contributed by atoms with E-state index in [1.807, 2.05) is 18.2 Å². The SMILES string of the molecule is C=C(C)C(=O)Oc1ccc(-c2cccc3c(OC(=O)C(=C)C)cccc23)c(OC(=O)C(=C)CC)c1. The summed E-state index contributed by atoms with van der Waals surface area (Å²) in [6.45, 7) is 15.9. The van der Waals surface area contributed by atoms with E-state index in [0.29, 0.717) is 28.7 Å². The van der Waals surface area contributed by atoms with Gasteiger partial charge in [-0.3, -0.25) is 0 Å².